The molecular formula is C10H17BO3. The van der Waals surface area contributed by atoms with Gasteiger partial charge in [0, 0.05) is 20.2 Å². The molecule has 5 atom stereocenters. The molecule has 0 radical (unpaired) electrons. The number of rotatable bonds is 2. The summed E-state index contributed by atoms with van der Waals surface area (Å²) >= 11 is 0. The van der Waals surface area contributed by atoms with Crippen LogP contribution in [0.5, 0.6) is 0 Å². The van der Waals surface area contributed by atoms with Crippen molar-refractivity contribution in [2.24, 2.45) is 5.92 Å². The molecule has 3 nitrogen and oxygen atoms in total. The Morgan fingerprint density at radius 3 is 2.64 bits per heavy atom. The Balaban J connectivity index is 1.93. The predicted octanol–water partition coefficient (Wildman–Crippen LogP) is -0.0715. The van der Waals surface area contributed by atoms with Crippen molar-refractivity contribution in [3.8, 4) is 0 Å². The van der Waals surface area contributed by atoms with Crippen LogP contribution in [0.2, 0.25) is 0 Å². The smallest absolute Gasteiger partial charge is 0.139 e. The van der Waals surface area contributed by atoms with Gasteiger partial charge >= 0.3 is 0 Å². The van der Waals surface area contributed by atoms with Gasteiger partial charge in [0.15, 0.2) is 0 Å². The van der Waals surface area contributed by atoms with Crippen LogP contribution < -0.4 is 0 Å². The van der Waals surface area contributed by atoms with Crippen LogP contribution in [-0.2, 0) is 14.2 Å². The van der Waals surface area contributed by atoms with Crippen molar-refractivity contribution in [2.45, 2.75) is 42.6 Å². The normalized spacial score (nSPS) is 59.7. The molecule has 0 bridgehead atoms. The number of hydrogen-bond acceptors (Lipinski definition) is 3. The van der Waals surface area contributed by atoms with Crippen molar-refractivity contribution >= 4 is 7.85 Å². The summed E-state index contributed by atoms with van der Waals surface area (Å²) in [5.41, 5.74) is -0.0425. The number of hydrogen-bond donors (Lipinski definition) is 0. The highest BCUT2D eigenvalue weighted by Gasteiger charge is 2.76. The summed E-state index contributed by atoms with van der Waals surface area (Å²) in [6.07, 6.45) is 3.47. The molecular weight excluding hydrogens is 179 g/mol. The van der Waals surface area contributed by atoms with Crippen molar-refractivity contribution in [3.05, 3.63) is 0 Å². The van der Waals surface area contributed by atoms with Crippen LogP contribution in [-0.4, -0.2) is 45.4 Å². The zero-order valence-electron chi connectivity index (χ0n) is 9.08. The van der Waals surface area contributed by atoms with Crippen LogP contribution in [0.25, 0.3) is 0 Å². The number of fused-ring (bicyclic) bond motifs is 3. The molecule has 1 saturated heterocycles. The lowest BCUT2D eigenvalue weighted by Gasteiger charge is -2.31. The fourth-order valence-corrected chi connectivity index (χ4v) is 3.69. The van der Waals surface area contributed by atoms with Gasteiger partial charge in [0.1, 0.15) is 19.6 Å². The fourth-order valence-electron chi connectivity index (χ4n) is 3.69. The van der Waals surface area contributed by atoms with Gasteiger partial charge in [-0.15, -0.1) is 0 Å². The molecule has 2 aliphatic carbocycles. The topological polar surface area (TPSA) is 27.7 Å². The van der Waals surface area contributed by atoms with Gasteiger partial charge in [-0.3, -0.25) is 0 Å². The van der Waals surface area contributed by atoms with Gasteiger partial charge in [-0.2, -0.15) is 0 Å². The quantitative estimate of drug-likeness (QED) is 0.578. The molecule has 4 heteroatoms. The first-order valence-electron chi connectivity index (χ1n) is 5.42. The largest absolute Gasteiger partial charge is 0.378 e. The van der Waals surface area contributed by atoms with E-state index in [1.807, 2.05) is 7.11 Å². The minimum absolute atomic E-state index is 0.000764. The van der Waals surface area contributed by atoms with E-state index in [1.54, 1.807) is 7.11 Å². The molecule has 3 aliphatic rings. The van der Waals surface area contributed by atoms with Crippen molar-refractivity contribution in [2.75, 3.05) is 14.2 Å². The van der Waals surface area contributed by atoms with E-state index in [0.717, 1.165) is 19.3 Å². The molecule has 3 fully saturated rings. The van der Waals surface area contributed by atoms with Crippen LogP contribution >= 0.6 is 0 Å². The highest BCUT2D eigenvalue weighted by atomic mass is 16.6. The molecule has 0 amide bonds. The van der Waals surface area contributed by atoms with E-state index in [4.69, 9.17) is 14.2 Å². The molecule has 0 spiro atoms. The molecule has 0 aromatic heterocycles. The third-order valence-corrected chi connectivity index (χ3v) is 4.40. The Labute approximate surface area is 85.5 Å². The molecule has 1 heterocycles. The first-order valence-corrected chi connectivity index (χ1v) is 5.42. The van der Waals surface area contributed by atoms with Crippen molar-refractivity contribution in [1.29, 1.82) is 0 Å². The van der Waals surface area contributed by atoms with Crippen LogP contribution in [0.3, 0.4) is 0 Å². The van der Waals surface area contributed by atoms with E-state index in [1.165, 1.54) is 0 Å². The van der Waals surface area contributed by atoms with Crippen LogP contribution in [0.15, 0.2) is 0 Å². The SMILES string of the molecule is B[C@H]1C[C@@]2(OC)C[C@@H]3C[C@]3(OC)[C@H]2O1. The third-order valence-electron chi connectivity index (χ3n) is 4.40. The van der Waals surface area contributed by atoms with Crippen molar-refractivity contribution in [3.63, 3.8) is 0 Å². The van der Waals surface area contributed by atoms with Gasteiger partial charge in [0.05, 0.1) is 5.60 Å². The summed E-state index contributed by atoms with van der Waals surface area (Å²) in [7, 11) is 5.74. The van der Waals surface area contributed by atoms with Gasteiger partial charge in [-0.1, -0.05) is 0 Å². The zero-order valence-corrected chi connectivity index (χ0v) is 9.08. The van der Waals surface area contributed by atoms with Crippen LogP contribution in [0.4, 0.5) is 0 Å². The highest BCUT2D eigenvalue weighted by Crippen LogP contribution is 2.66. The number of methoxy groups -OCH3 is 2. The lowest BCUT2D eigenvalue weighted by atomic mass is 9.85. The number of ether oxygens (including phenoxy) is 3. The Morgan fingerprint density at radius 1 is 1.21 bits per heavy atom. The van der Waals surface area contributed by atoms with E-state index in [2.05, 4.69) is 7.85 Å². The summed E-state index contributed by atoms with van der Waals surface area (Å²) in [5.74, 6) is 0.671. The molecule has 0 unspecified atom stereocenters. The minimum Gasteiger partial charge on any atom is -0.378 e. The second kappa shape index (κ2) is 2.54. The van der Waals surface area contributed by atoms with Crippen molar-refractivity contribution in [1.82, 2.24) is 0 Å². The van der Waals surface area contributed by atoms with E-state index in [-0.39, 0.29) is 17.3 Å². The van der Waals surface area contributed by atoms with E-state index < -0.39 is 0 Å². The second-order valence-electron chi connectivity index (χ2n) is 5.06. The summed E-state index contributed by atoms with van der Waals surface area (Å²) in [6, 6.07) is 0.313. The molecule has 14 heavy (non-hydrogen) atoms. The first-order chi connectivity index (χ1) is 6.67. The summed E-state index contributed by atoms with van der Waals surface area (Å²) in [5, 5.41) is 0. The average Bonchev–Trinajstić information content (AvgIpc) is 2.66. The van der Waals surface area contributed by atoms with Gasteiger partial charge in [-0.05, 0) is 25.2 Å². The van der Waals surface area contributed by atoms with Gasteiger partial charge in [0.25, 0.3) is 0 Å². The van der Waals surface area contributed by atoms with Crippen molar-refractivity contribution < 1.29 is 14.2 Å². The Kier molecular flexibility index (Phi) is 1.67. The maximum atomic E-state index is 5.98. The van der Waals surface area contributed by atoms with Crippen LogP contribution in [0.1, 0.15) is 19.3 Å². The third kappa shape index (κ3) is 0.854. The molecule has 2 saturated carbocycles. The molecule has 1 aliphatic heterocycles. The molecule has 0 aromatic carbocycles. The maximum Gasteiger partial charge on any atom is 0.139 e. The van der Waals surface area contributed by atoms with E-state index in [9.17, 15) is 0 Å². The maximum absolute atomic E-state index is 5.98. The predicted molar refractivity (Wildman–Crippen MR) is 54.0 cm³/mol. The second-order valence-corrected chi connectivity index (χ2v) is 5.06. The molecule has 3 rings (SSSR count). The van der Waals surface area contributed by atoms with Crippen LogP contribution in [0, 0.1) is 5.92 Å². The monoisotopic (exact) mass is 196 g/mol. The van der Waals surface area contributed by atoms with Gasteiger partial charge in [-0.25, -0.2) is 0 Å². The lowest BCUT2D eigenvalue weighted by molar-refractivity contribution is -0.115. The Morgan fingerprint density at radius 2 is 2.00 bits per heavy atom. The minimum atomic E-state index is -0.0433. The summed E-state index contributed by atoms with van der Waals surface area (Å²) in [4.78, 5) is 0. The average molecular weight is 196 g/mol. The summed E-state index contributed by atoms with van der Waals surface area (Å²) in [6.45, 7) is 0. The first kappa shape index (κ1) is 9.19. The van der Waals surface area contributed by atoms with Gasteiger partial charge < -0.3 is 14.2 Å². The van der Waals surface area contributed by atoms with E-state index in [0.29, 0.717) is 11.9 Å². The summed E-state index contributed by atoms with van der Waals surface area (Å²) < 4.78 is 17.4. The standard InChI is InChI=1S/C10H17BO3/c1-12-9-3-6-4-10(6,13-2)8(9)14-7(11)5-9/h6-8H,3-5,11H2,1-2H3/t6-,7-,8+,9+,10-/m1/s1. The molecule has 0 aromatic rings. The lowest BCUT2D eigenvalue weighted by Crippen LogP contribution is -2.44. The highest BCUT2D eigenvalue weighted by molar-refractivity contribution is 6.11. The van der Waals surface area contributed by atoms with Gasteiger partial charge in [0.2, 0.25) is 0 Å². The Bertz CT molecular complexity index is 268. The molecule has 0 N–H and O–H groups in total. The van der Waals surface area contributed by atoms with E-state index >= 15 is 0 Å². The fraction of sp³-hybridized carbons (Fsp3) is 1.00. The molecule has 78 valence electrons. The zero-order chi connectivity index (χ0) is 9.97. The Hall–Kier alpha value is -0.0551.